The van der Waals surface area contributed by atoms with Gasteiger partial charge in [0, 0.05) is 11.6 Å². The summed E-state index contributed by atoms with van der Waals surface area (Å²) in [5.41, 5.74) is 0.414. The minimum atomic E-state index is -0.756. The Morgan fingerprint density at radius 3 is 2.86 bits per heavy atom. The number of fused-ring (bicyclic) bond motifs is 1. The molecule has 0 atom stereocenters. The van der Waals surface area contributed by atoms with E-state index >= 15 is 0 Å². The molecule has 2 aromatic carbocycles. The highest BCUT2D eigenvalue weighted by Crippen LogP contribution is 2.29. The lowest BCUT2D eigenvalue weighted by molar-refractivity contribution is 0.102. The third-order valence-corrected chi connectivity index (χ3v) is 3.88. The number of benzene rings is 2. The molecule has 3 rings (SSSR count). The van der Waals surface area contributed by atoms with E-state index in [1.54, 1.807) is 24.3 Å². The van der Waals surface area contributed by atoms with Gasteiger partial charge in [0.25, 0.3) is 5.91 Å². The van der Waals surface area contributed by atoms with Crippen LogP contribution in [-0.2, 0) is 0 Å². The molecule has 0 aliphatic carbocycles. The summed E-state index contributed by atoms with van der Waals surface area (Å²) in [5, 5.41) is 2.77. The van der Waals surface area contributed by atoms with Gasteiger partial charge in [-0.25, -0.2) is 13.8 Å². The molecule has 22 heavy (non-hydrogen) atoms. The summed E-state index contributed by atoms with van der Waals surface area (Å²) in [6, 6.07) is 8.52. The van der Waals surface area contributed by atoms with Crippen LogP contribution in [0.1, 0.15) is 10.4 Å². The van der Waals surface area contributed by atoms with Crippen LogP contribution in [0.2, 0.25) is 0 Å². The first kappa shape index (κ1) is 14.4. The summed E-state index contributed by atoms with van der Waals surface area (Å²) in [5.74, 6) is -1.30. The number of hydrogen-bond donors (Lipinski definition) is 1. The SMILES string of the molecule is COc1cccc(C(=O)Nc2nc3c(F)cc(F)cc3s2)c1. The average molecular weight is 320 g/mol. The molecule has 0 unspecified atom stereocenters. The van der Waals surface area contributed by atoms with Crippen LogP contribution in [0.4, 0.5) is 13.9 Å². The second-order valence-corrected chi connectivity index (χ2v) is 5.47. The highest BCUT2D eigenvalue weighted by Gasteiger charge is 2.13. The largest absolute Gasteiger partial charge is 0.497 e. The fourth-order valence-corrected chi connectivity index (χ4v) is 2.84. The first-order valence-corrected chi connectivity index (χ1v) is 7.09. The fraction of sp³-hybridized carbons (Fsp3) is 0.0667. The lowest BCUT2D eigenvalue weighted by Gasteiger charge is -2.03. The van der Waals surface area contributed by atoms with Gasteiger partial charge in [0.05, 0.1) is 11.8 Å². The van der Waals surface area contributed by atoms with Crippen molar-refractivity contribution in [2.75, 3.05) is 12.4 Å². The van der Waals surface area contributed by atoms with Gasteiger partial charge in [0.1, 0.15) is 17.1 Å². The average Bonchev–Trinajstić information content (AvgIpc) is 2.90. The number of nitrogens with zero attached hydrogens (tertiary/aromatic N) is 1. The van der Waals surface area contributed by atoms with Crippen LogP contribution in [0.25, 0.3) is 10.2 Å². The van der Waals surface area contributed by atoms with Gasteiger partial charge in [-0.05, 0) is 24.3 Å². The Bertz CT molecular complexity index is 864. The molecule has 0 saturated heterocycles. The standard InChI is InChI=1S/C15H10F2N2O2S/c1-21-10-4-2-3-8(5-10)14(20)19-15-18-13-11(17)6-9(16)7-12(13)22-15/h2-7H,1H3,(H,18,19,20). The Kier molecular flexibility index (Phi) is 3.72. The predicted octanol–water partition coefficient (Wildman–Crippen LogP) is 3.84. The number of rotatable bonds is 3. The maximum absolute atomic E-state index is 13.6. The summed E-state index contributed by atoms with van der Waals surface area (Å²) in [4.78, 5) is 16.1. The Labute approximate surface area is 128 Å². The molecular formula is C15H10F2N2O2S. The zero-order valence-electron chi connectivity index (χ0n) is 11.4. The molecule has 3 aromatic rings. The zero-order valence-corrected chi connectivity index (χ0v) is 12.2. The maximum Gasteiger partial charge on any atom is 0.257 e. The Morgan fingerprint density at radius 1 is 1.27 bits per heavy atom. The lowest BCUT2D eigenvalue weighted by atomic mass is 10.2. The molecule has 0 bridgehead atoms. The molecule has 112 valence electrons. The van der Waals surface area contributed by atoms with Crippen molar-refractivity contribution in [3.63, 3.8) is 0 Å². The number of carbonyl (C=O) groups excluding carboxylic acids is 1. The van der Waals surface area contributed by atoms with Crippen LogP contribution in [-0.4, -0.2) is 18.0 Å². The Balaban J connectivity index is 1.89. The highest BCUT2D eigenvalue weighted by atomic mass is 32.1. The summed E-state index contributed by atoms with van der Waals surface area (Å²) >= 11 is 1.00. The van der Waals surface area contributed by atoms with E-state index < -0.39 is 17.5 Å². The van der Waals surface area contributed by atoms with E-state index in [0.29, 0.717) is 16.0 Å². The van der Waals surface area contributed by atoms with Crippen molar-refractivity contribution >= 4 is 32.6 Å². The van der Waals surface area contributed by atoms with E-state index in [2.05, 4.69) is 10.3 Å². The van der Waals surface area contributed by atoms with Crippen molar-refractivity contribution < 1.29 is 18.3 Å². The van der Waals surface area contributed by atoms with Gasteiger partial charge in [-0.3, -0.25) is 10.1 Å². The molecule has 0 radical (unpaired) electrons. The molecule has 0 spiro atoms. The number of amides is 1. The quantitative estimate of drug-likeness (QED) is 0.798. The molecule has 0 aliphatic rings. The highest BCUT2D eigenvalue weighted by molar-refractivity contribution is 7.22. The van der Waals surface area contributed by atoms with Crippen LogP contribution < -0.4 is 10.1 Å². The number of nitrogens with one attached hydrogen (secondary N) is 1. The molecular weight excluding hydrogens is 310 g/mol. The zero-order chi connectivity index (χ0) is 15.7. The number of ether oxygens (including phenoxy) is 1. The van der Waals surface area contributed by atoms with Gasteiger partial charge in [-0.1, -0.05) is 17.4 Å². The van der Waals surface area contributed by atoms with E-state index in [9.17, 15) is 13.6 Å². The smallest absolute Gasteiger partial charge is 0.257 e. The monoisotopic (exact) mass is 320 g/mol. The Hall–Kier alpha value is -2.54. The molecule has 1 amide bonds. The van der Waals surface area contributed by atoms with Crippen molar-refractivity contribution in [3.05, 3.63) is 53.6 Å². The third kappa shape index (κ3) is 2.75. The number of thiazole rings is 1. The van der Waals surface area contributed by atoms with E-state index in [4.69, 9.17) is 4.74 Å². The van der Waals surface area contributed by atoms with Crippen LogP contribution in [0.3, 0.4) is 0 Å². The van der Waals surface area contributed by atoms with Crippen LogP contribution >= 0.6 is 11.3 Å². The molecule has 7 heteroatoms. The molecule has 4 nitrogen and oxygen atoms in total. The molecule has 1 aromatic heterocycles. The van der Waals surface area contributed by atoms with Crippen molar-refractivity contribution in [2.24, 2.45) is 0 Å². The van der Waals surface area contributed by atoms with Crippen LogP contribution in [0.15, 0.2) is 36.4 Å². The van der Waals surface area contributed by atoms with Crippen molar-refractivity contribution in [2.45, 2.75) is 0 Å². The van der Waals surface area contributed by atoms with Crippen molar-refractivity contribution in [1.29, 1.82) is 0 Å². The minimum absolute atomic E-state index is 0.0346. The van der Waals surface area contributed by atoms with Gasteiger partial charge in [-0.15, -0.1) is 0 Å². The second kappa shape index (κ2) is 5.69. The maximum atomic E-state index is 13.6. The number of hydrogen-bond acceptors (Lipinski definition) is 4. The summed E-state index contributed by atoms with van der Waals surface area (Å²) < 4.78 is 32.1. The van der Waals surface area contributed by atoms with E-state index in [1.807, 2.05) is 0 Å². The molecule has 0 aliphatic heterocycles. The third-order valence-electron chi connectivity index (χ3n) is 2.97. The lowest BCUT2D eigenvalue weighted by Crippen LogP contribution is -2.11. The van der Waals surface area contributed by atoms with Gasteiger partial charge < -0.3 is 4.74 Å². The summed E-state index contributed by atoms with van der Waals surface area (Å²) in [7, 11) is 1.50. The number of methoxy groups -OCH3 is 1. The van der Waals surface area contributed by atoms with Gasteiger partial charge in [0.15, 0.2) is 10.9 Å². The van der Waals surface area contributed by atoms with Crippen molar-refractivity contribution in [1.82, 2.24) is 4.98 Å². The number of anilines is 1. The van der Waals surface area contributed by atoms with Gasteiger partial charge >= 0.3 is 0 Å². The Morgan fingerprint density at radius 2 is 2.09 bits per heavy atom. The topological polar surface area (TPSA) is 51.2 Å². The fourth-order valence-electron chi connectivity index (χ4n) is 1.94. The summed E-state index contributed by atoms with van der Waals surface area (Å²) in [6.07, 6.45) is 0. The van der Waals surface area contributed by atoms with E-state index in [-0.39, 0.29) is 10.6 Å². The van der Waals surface area contributed by atoms with E-state index in [0.717, 1.165) is 17.4 Å². The number of carbonyl (C=O) groups is 1. The van der Waals surface area contributed by atoms with Crippen LogP contribution in [0.5, 0.6) is 5.75 Å². The number of aromatic nitrogens is 1. The second-order valence-electron chi connectivity index (χ2n) is 4.44. The predicted molar refractivity (Wildman–Crippen MR) is 80.5 cm³/mol. The van der Waals surface area contributed by atoms with Crippen molar-refractivity contribution in [3.8, 4) is 5.75 Å². The molecule has 1 N–H and O–H groups in total. The van der Waals surface area contributed by atoms with Gasteiger partial charge in [0.2, 0.25) is 0 Å². The molecule has 0 fully saturated rings. The first-order chi connectivity index (χ1) is 10.6. The normalized spacial score (nSPS) is 10.7. The molecule has 0 saturated carbocycles. The van der Waals surface area contributed by atoms with Gasteiger partial charge in [-0.2, -0.15) is 0 Å². The van der Waals surface area contributed by atoms with E-state index in [1.165, 1.54) is 13.2 Å². The first-order valence-electron chi connectivity index (χ1n) is 6.28. The number of halogens is 2. The van der Waals surface area contributed by atoms with Crippen LogP contribution in [0, 0.1) is 11.6 Å². The minimum Gasteiger partial charge on any atom is -0.497 e. The molecule has 1 heterocycles. The summed E-state index contributed by atoms with van der Waals surface area (Å²) in [6.45, 7) is 0.